The number of rotatable bonds is 6. The summed E-state index contributed by atoms with van der Waals surface area (Å²) in [6, 6.07) is 15.9. The van der Waals surface area contributed by atoms with Gasteiger partial charge in [-0.3, -0.25) is 4.79 Å². The van der Waals surface area contributed by atoms with Crippen molar-refractivity contribution in [2.75, 3.05) is 0 Å². The van der Waals surface area contributed by atoms with Crippen LogP contribution in [0.25, 0.3) is 0 Å². The summed E-state index contributed by atoms with van der Waals surface area (Å²) in [6.07, 6.45) is 0.371. The number of amides is 1. The van der Waals surface area contributed by atoms with Crippen molar-refractivity contribution in [2.24, 2.45) is 0 Å². The highest BCUT2D eigenvalue weighted by atomic mass is 79.9. The summed E-state index contributed by atoms with van der Waals surface area (Å²) in [5, 5.41) is 2.89. The van der Waals surface area contributed by atoms with E-state index < -0.39 is 0 Å². The van der Waals surface area contributed by atoms with Gasteiger partial charge in [-0.25, -0.2) is 0 Å². The van der Waals surface area contributed by atoms with Gasteiger partial charge in [-0.2, -0.15) is 0 Å². The van der Waals surface area contributed by atoms with Gasteiger partial charge in [-0.15, -0.1) is 0 Å². The first-order valence-electron chi connectivity index (χ1n) is 7.29. The SMILES string of the molecule is CC(C)NC(=O)Cc1ccc(OCc2ccccc2)c(Br)c1. The van der Waals surface area contributed by atoms with Crippen LogP contribution in [0, 0.1) is 0 Å². The molecule has 0 aromatic heterocycles. The van der Waals surface area contributed by atoms with Crippen LogP contribution >= 0.6 is 15.9 Å². The fraction of sp³-hybridized carbons (Fsp3) is 0.278. The Balaban J connectivity index is 1.96. The maximum absolute atomic E-state index is 11.8. The molecule has 2 rings (SSSR count). The van der Waals surface area contributed by atoms with Crippen LogP contribution in [0.2, 0.25) is 0 Å². The smallest absolute Gasteiger partial charge is 0.224 e. The molecule has 3 nitrogen and oxygen atoms in total. The summed E-state index contributed by atoms with van der Waals surface area (Å²) in [7, 11) is 0. The molecule has 0 radical (unpaired) electrons. The van der Waals surface area contributed by atoms with Crippen LogP contribution < -0.4 is 10.1 Å². The van der Waals surface area contributed by atoms with E-state index in [-0.39, 0.29) is 11.9 Å². The summed E-state index contributed by atoms with van der Waals surface area (Å²) < 4.78 is 6.66. The van der Waals surface area contributed by atoms with Crippen LogP contribution in [0.1, 0.15) is 25.0 Å². The summed E-state index contributed by atoms with van der Waals surface area (Å²) in [4.78, 5) is 11.8. The minimum absolute atomic E-state index is 0.0276. The lowest BCUT2D eigenvalue weighted by molar-refractivity contribution is -0.120. The first-order valence-corrected chi connectivity index (χ1v) is 8.08. The third-order valence-electron chi connectivity index (χ3n) is 3.05. The topological polar surface area (TPSA) is 38.3 Å². The van der Waals surface area contributed by atoms with Crippen molar-refractivity contribution in [3.63, 3.8) is 0 Å². The van der Waals surface area contributed by atoms with Gasteiger partial charge in [-0.05, 0) is 53.0 Å². The van der Waals surface area contributed by atoms with Crippen molar-refractivity contribution in [1.29, 1.82) is 0 Å². The number of ether oxygens (including phenoxy) is 1. The predicted molar refractivity (Wildman–Crippen MR) is 91.9 cm³/mol. The summed E-state index contributed by atoms with van der Waals surface area (Å²) >= 11 is 3.50. The molecule has 0 bridgehead atoms. The molecule has 22 heavy (non-hydrogen) atoms. The number of benzene rings is 2. The Morgan fingerprint density at radius 3 is 2.50 bits per heavy atom. The highest BCUT2D eigenvalue weighted by molar-refractivity contribution is 9.10. The molecular formula is C18H20BrNO2. The van der Waals surface area contributed by atoms with Crippen LogP contribution in [0.4, 0.5) is 0 Å². The molecule has 0 aliphatic rings. The molecule has 0 atom stereocenters. The van der Waals surface area contributed by atoms with Gasteiger partial charge in [0.25, 0.3) is 0 Å². The third kappa shape index (κ3) is 5.19. The largest absolute Gasteiger partial charge is 0.488 e. The monoisotopic (exact) mass is 361 g/mol. The van der Waals surface area contributed by atoms with E-state index in [4.69, 9.17) is 4.74 Å². The molecule has 0 spiro atoms. The Hall–Kier alpha value is -1.81. The van der Waals surface area contributed by atoms with Crippen LogP contribution in [0.3, 0.4) is 0 Å². The standard InChI is InChI=1S/C18H20BrNO2/c1-13(2)20-18(21)11-15-8-9-17(16(19)10-15)22-12-14-6-4-3-5-7-14/h3-10,13H,11-12H2,1-2H3,(H,20,21). The number of halogens is 1. The number of carbonyl (C=O) groups excluding carboxylic acids is 1. The lowest BCUT2D eigenvalue weighted by Crippen LogP contribution is -2.31. The maximum Gasteiger partial charge on any atom is 0.224 e. The maximum atomic E-state index is 11.8. The Morgan fingerprint density at radius 1 is 1.14 bits per heavy atom. The zero-order valence-corrected chi connectivity index (χ0v) is 14.4. The van der Waals surface area contributed by atoms with Crippen LogP contribution in [0.5, 0.6) is 5.75 Å². The first kappa shape index (κ1) is 16.6. The van der Waals surface area contributed by atoms with E-state index in [0.717, 1.165) is 21.3 Å². The number of carbonyl (C=O) groups is 1. The lowest BCUT2D eigenvalue weighted by Gasteiger charge is -2.11. The number of hydrogen-bond acceptors (Lipinski definition) is 2. The van der Waals surface area contributed by atoms with E-state index in [1.165, 1.54) is 0 Å². The molecule has 1 amide bonds. The zero-order chi connectivity index (χ0) is 15.9. The van der Waals surface area contributed by atoms with E-state index in [2.05, 4.69) is 21.2 Å². The Kier molecular flexibility index (Phi) is 6.01. The van der Waals surface area contributed by atoms with Gasteiger partial charge < -0.3 is 10.1 Å². The highest BCUT2D eigenvalue weighted by Crippen LogP contribution is 2.27. The summed E-state index contributed by atoms with van der Waals surface area (Å²) in [6.45, 7) is 4.43. The van der Waals surface area contributed by atoms with Crippen molar-refractivity contribution in [3.8, 4) is 5.75 Å². The molecule has 0 aliphatic carbocycles. The minimum atomic E-state index is 0.0276. The molecule has 0 aliphatic heterocycles. The van der Waals surface area contributed by atoms with E-state index in [1.807, 2.05) is 62.4 Å². The first-order chi connectivity index (χ1) is 10.5. The third-order valence-corrected chi connectivity index (χ3v) is 3.67. The second kappa shape index (κ2) is 7.99. The van der Waals surface area contributed by atoms with Crippen molar-refractivity contribution < 1.29 is 9.53 Å². The van der Waals surface area contributed by atoms with Gasteiger partial charge in [-0.1, -0.05) is 36.4 Å². The van der Waals surface area contributed by atoms with Gasteiger partial charge in [0, 0.05) is 6.04 Å². The Morgan fingerprint density at radius 2 is 1.86 bits per heavy atom. The van der Waals surface area contributed by atoms with E-state index in [1.54, 1.807) is 0 Å². The molecule has 0 fully saturated rings. The molecule has 1 N–H and O–H groups in total. The zero-order valence-electron chi connectivity index (χ0n) is 12.8. The van der Waals surface area contributed by atoms with Crippen molar-refractivity contribution in [2.45, 2.75) is 32.9 Å². The Bertz CT molecular complexity index is 626. The van der Waals surface area contributed by atoms with E-state index in [0.29, 0.717) is 13.0 Å². The fourth-order valence-corrected chi connectivity index (χ4v) is 2.61. The molecule has 0 saturated carbocycles. The van der Waals surface area contributed by atoms with Crippen LogP contribution in [0.15, 0.2) is 53.0 Å². The Labute approximate surface area is 139 Å². The molecule has 0 heterocycles. The molecule has 0 unspecified atom stereocenters. The molecule has 2 aromatic carbocycles. The van der Waals surface area contributed by atoms with Gasteiger partial charge >= 0.3 is 0 Å². The molecule has 116 valence electrons. The highest BCUT2D eigenvalue weighted by Gasteiger charge is 2.08. The van der Waals surface area contributed by atoms with Gasteiger partial charge in [0.2, 0.25) is 5.91 Å². The summed E-state index contributed by atoms with van der Waals surface area (Å²) in [5.74, 6) is 0.803. The van der Waals surface area contributed by atoms with Crippen LogP contribution in [-0.2, 0) is 17.8 Å². The van der Waals surface area contributed by atoms with Crippen LogP contribution in [-0.4, -0.2) is 11.9 Å². The normalized spacial score (nSPS) is 10.5. The molecule has 0 saturated heterocycles. The van der Waals surface area contributed by atoms with Gasteiger partial charge in [0.05, 0.1) is 10.9 Å². The minimum Gasteiger partial charge on any atom is -0.488 e. The molecular weight excluding hydrogens is 342 g/mol. The molecule has 2 aromatic rings. The average Bonchev–Trinajstić information content (AvgIpc) is 2.46. The lowest BCUT2D eigenvalue weighted by atomic mass is 10.1. The van der Waals surface area contributed by atoms with E-state index in [9.17, 15) is 4.79 Å². The van der Waals surface area contributed by atoms with Crippen molar-refractivity contribution >= 4 is 21.8 Å². The fourth-order valence-electron chi connectivity index (χ4n) is 2.07. The predicted octanol–water partition coefficient (Wildman–Crippen LogP) is 4.10. The van der Waals surface area contributed by atoms with Crippen molar-refractivity contribution in [1.82, 2.24) is 5.32 Å². The molecule has 4 heteroatoms. The second-order valence-corrected chi connectivity index (χ2v) is 6.29. The number of hydrogen-bond donors (Lipinski definition) is 1. The van der Waals surface area contributed by atoms with Crippen molar-refractivity contribution in [3.05, 3.63) is 64.1 Å². The van der Waals surface area contributed by atoms with Gasteiger partial charge in [0.15, 0.2) is 0 Å². The quantitative estimate of drug-likeness (QED) is 0.841. The number of nitrogens with one attached hydrogen (secondary N) is 1. The summed E-state index contributed by atoms with van der Waals surface area (Å²) in [5.41, 5.74) is 2.08. The van der Waals surface area contributed by atoms with E-state index >= 15 is 0 Å². The second-order valence-electron chi connectivity index (χ2n) is 5.44. The average molecular weight is 362 g/mol. The van der Waals surface area contributed by atoms with Gasteiger partial charge in [0.1, 0.15) is 12.4 Å².